The average molecular weight is 445 g/mol. The molecule has 5 rings (SSSR count). The van der Waals surface area contributed by atoms with Gasteiger partial charge in [0.05, 0.1) is 12.2 Å². The van der Waals surface area contributed by atoms with E-state index in [-0.39, 0.29) is 40.3 Å². The monoisotopic (exact) mass is 445 g/mol. The molecule has 13 heteroatoms. The maximum absolute atomic E-state index is 12.6. The van der Waals surface area contributed by atoms with Crippen molar-refractivity contribution in [3.05, 3.63) is 57.5 Å². The molecule has 3 aromatic heterocycles. The van der Waals surface area contributed by atoms with Gasteiger partial charge in [0.25, 0.3) is 0 Å². The Morgan fingerprint density at radius 1 is 1.25 bits per heavy atom. The highest BCUT2D eigenvalue weighted by Crippen LogP contribution is 2.26. The molecule has 0 atom stereocenters. The van der Waals surface area contributed by atoms with Crippen LogP contribution in [0.15, 0.2) is 40.2 Å². The number of imidazole rings is 1. The van der Waals surface area contributed by atoms with E-state index in [0.29, 0.717) is 5.22 Å². The molecule has 4 aromatic rings. The predicted molar refractivity (Wildman–Crippen MR) is 103 cm³/mol. The summed E-state index contributed by atoms with van der Waals surface area (Å²) in [6, 6.07) is 5.38. The summed E-state index contributed by atoms with van der Waals surface area (Å²) in [4.78, 5) is 29.4. The Kier molecular flexibility index (Phi) is 4.46. The average Bonchev–Trinajstić information content (AvgIpc) is 3.35. The van der Waals surface area contributed by atoms with Gasteiger partial charge in [-0.05, 0) is 31.1 Å². The molecule has 1 aromatic carbocycles. The topological polar surface area (TPSA) is 134 Å². The second kappa shape index (κ2) is 7.21. The van der Waals surface area contributed by atoms with Crippen molar-refractivity contribution >= 4 is 11.7 Å². The number of fused-ring (bicyclic) bond motifs is 1. The number of ether oxygens (including phenoxy) is 1. The summed E-state index contributed by atoms with van der Waals surface area (Å²) < 4.78 is 43.2. The van der Waals surface area contributed by atoms with Crippen molar-refractivity contribution in [2.75, 3.05) is 0 Å². The van der Waals surface area contributed by atoms with E-state index in [1.54, 1.807) is 6.07 Å². The number of rotatable bonds is 4. The van der Waals surface area contributed by atoms with E-state index in [9.17, 15) is 23.1 Å². The van der Waals surface area contributed by atoms with E-state index in [1.165, 1.54) is 35.0 Å². The van der Waals surface area contributed by atoms with E-state index in [4.69, 9.17) is 0 Å². The molecule has 0 radical (unpaired) electrons. The lowest BCUT2D eigenvalue weighted by Gasteiger charge is -2.09. The molecule has 1 fully saturated rings. The highest BCUT2D eigenvalue weighted by atomic mass is 19.4. The number of aromatic hydroxyl groups is 1. The van der Waals surface area contributed by atoms with Crippen molar-refractivity contribution in [2.45, 2.75) is 25.2 Å². The molecule has 0 amide bonds. The smallest absolute Gasteiger partial charge is 0.493 e. The second-order valence-corrected chi connectivity index (χ2v) is 7.10. The van der Waals surface area contributed by atoms with Crippen LogP contribution in [-0.2, 0) is 0 Å². The van der Waals surface area contributed by atoms with Gasteiger partial charge in [-0.3, -0.25) is 4.98 Å². The zero-order valence-electron chi connectivity index (χ0n) is 16.1. The molecule has 1 aliphatic carbocycles. The third-order valence-electron chi connectivity index (χ3n) is 4.58. The molecule has 1 saturated carbocycles. The van der Waals surface area contributed by atoms with Gasteiger partial charge in [0.2, 0.25) is 11.5 Å². The first-order valence-corrected chi connectivity index (χ1v) is 9.44. The van der Waals surface area contributed by atoms with Crippen LogP contribution in [0.1, 0.15) is 18.5 Å². The number of aromatic nitrogens is 6. The van der Waals surface area contributed by atoms with Crippen LogP contribution >= 0.6 is 0 Å². The lowest BCUT2D eigenvalue weighted by molar-refractivity contribution is -0.274. The van der Waals surface area contributed by atoms with Gasteiger partial charge in [-0.1, -0.05) is 12.1 Å². The first-order chi connectivity index (χ1) is 15.2. The fraction of sp³-hybridized carbons (Fsp3) is 0.211. The van der Waals surface area contributed by atoms with Crippen LogP contribution in [-0.4, -0.2) is 47.1 Å². The summed E-state index contributed by atoms with van der Waals surface area (Å²) in [5.41, 5.74) is 0.336. The first-order valence-electron chi connectivity index (χ1n) is 9.44. The molecule has 32 heavy (non-hydrogen) atoms. The molecule has 0 aliphatic heterocycles. The van der Waals surface area contributed by atoms with Crippen LogP contribution in [0.3, 0.4) is 0 Å². The van der Waals surface area contributed by atoms with Crippen molar-refractivity contribution in [1.82, 2.24) is 29.5 Å². The Labute approximate surface area is 175 Å². The van der Waals surface area contributed by atoms with Crippen molar-refractivity contribution in [3.8, 4) is 23.0 Å². The standard InChI is InChI=1S/C19H14F3N7O3/c20-19(21,22)32-12-3-1-2-9(6-12)14-26-15-10(7-13-16(30)28-18(31)25-13)8-23-29(15)17(27-14)24-11-4-5-11/h1-3,6-8,11,30H,4-5H2,(H2,25,28,31)/b10-7+,24-17?. The van der Waals surface area contributed by atoms with Crippen LogP contribution in [0.2, 0.25) is 0 Å². The maximum atomic E-state index is 12.6. The molecule has 0 spiro atoms. The van der Waals surface area contributed by atoms with E-state index >= 15 is 0 Å². The number of benzene rings is 1. The Morgan fingerprint density at radius 3 is 2.75 bits per heavy atom. The Balaban J connectivity index is 1.70. The molecule has 164 valence electrons. The number of nitrogens with zero attached hydrogens (tertiary/aromatic N) is 5. The lowest BCUT2D eigenvalue weighted by Crippen LogP contribution is -2.23. The van der Waals surface area contributed by atoms with Gasteiger partial charge in [-0.2, -0.15) is 14.6 Å². The molecule has 3 N–H and O–H groups in total. The largest absolute Gasteiger partial charge is 0.573 e. The van der Waals surface area contributed by atoms with E-state index in [0.717, 1.165) is 12.8 Å². The summed E-state index contributed by atoms with van der Waals surface area (Å²) in [6.07, 6.45) is -0.133. The fourth-order valence-electron chi connectivity index (χ4n) is 3.04. The zero-order chi connectivity index (χ0) is 22.5. The number of alkyl halides is 3. The zero-order valence-corrected chi connectivity index (χ0v) is 16.1. The second-order valence-electron chi connectivity index (χ2n) is 7.10. The number of aromatic amines is 2. The third-order valence-corrected chi connectivity index (χ3v) is 4.58. The minimum Gasteiger partial charge on any atom is -0.493 e. The Bertz CT molecular complexity index is 1500. The first kappa shape index (κ1) is 19.8. The van der Waals surface area contributed by atoms with Crippen LogP contribution < -0.4 is 21.3 Å². The van der Waals surface area contributed by atoms with Crippen molar-refractivity contribution < 1.29 is 23.0 Å². The summed E-state index contributed by atoms with van der Waals surface area (Å²) in [6.45, 7) is 0. The number of H-pyrrole nitrogens is 2. The predicted octanol–water partition coefficient (Wildman–Crippen LogP) is 1.02. The molecule has 10 nitrogen and oxygen atoms in total. The summed E-state index contributed by atoms with van der Waals surface area (Å²) in [7, 11) is 0. The van der Waals surface area contributed by atoms with Gasteiger partial charge in [-0.25, -0.2) is 14.8 Å². The van der Waals surface area contributed by atoms with Crippen LogP contribution in [0, 0.1) is 0 Å². The van der Waals surface area contributed by atoms with Gasteiger partial charge < -0.3 is 14.8 Å². The number of halogens is 3. The molecule has 3 heterocycles. The highest BCUT2D eigenvalue weighted by Gasteiger charge is 2.31. The number of hydrogen-bond acceptors (Lipinski definition) is 7. The summed E-state index contributed by atoms with van der Waals surface area (Å²) >= 11 is 0. The summed E-state index contributed by atoms with van der Waals surface area (Å²) in [5.74, 6) is -0.649. The summed E-state index contributed by atoms with van der Waals surface area (Å²) in [5, 5.41) is 14.5. The fourth-order valence-corrected chi connectivity index (χ4v) is 3.04. The Hall–Kier alpha value is -4.16. The Morgan fingerprint density at radius 2 is 2.06 bits per heavy atom. The van der Waals surface area contributed by atoms with Crippen molar-refractivity contribution in [1.29, 1.82) is 0 Å². The number of nitrogens with one attached hydrogen (secondary N) is 2. The quantitative estimate of drug-likeness (QED) is 0.430. The SMILES string of the molecule is O=c1[nH]c(O)c(/C=c2\cnn3c(=NC4CC4)nc(-c4cccc(OC(F)(F)F)c4)nc23)[nH]1. The molecule has 0 unspecified atom stereocenters. The van der Waals surface area contributed by atoms with Gasteiger partial charge in [0.1, 0.15) is 11.4 Å². The van der Waals surface area contributed by atoms with Gasteiger partial charge in [-0.15, -0.1) is 13.2 Å². The minimum absolute atomic E-state index is 0.0857. The molecule has 0 saturated heterocycles. The molecular formula is C19H14F3N7O3. The molecular weight excluding hydrogens is 431 g/mol. The van der Waals surface area contributed by atoms with Gasteiger partial charge in [0, 0.05) is 10.8 Å². The van der Waals surface area contributed by atoms with Crippen LogP contribution in [0.25, 0.3) is 23.1 Å². The van der Waals surface area contributed by atoms with E-state index in [2.05, 4.69) is 34.8 Å². The van der Waals surface area contributed by atoms with Gasteiger partial charge in [0.15, 0.2) is 11.5 Å². The third kappa shape index (κ3) is 4.04. The van der Waals surface area contributed by atoms with Crippen molar-refractivity contribution in [2.24, 2.45) is 4.99 Å². The number of hydrogen-bond donors (Lipinski definition) is 3. The van der Waals surface area contributed by atoms with Crippen LogP contribution in [0.5, 0.6) is 11.6 Å². The van der Waals surface area contributed by atoms with Crippen LogP contribution in [0.4, 0.5) is 13.2 Å². The minimum atomic E-state index is -4.83. The van der Waals surface area contributed by atoms with E-state index in [1.807, 2.05) is 0 Å². The van der Waals surface area contributed by atoms with Crippen molar-refractivity contribution in [3.63, 3.8) is 0 Å². The molecule has 1 aliphatic rings. The normalized spacial score (nSPS) is 15.6. The lowest BCUT2D eigenvalue weighted by atomic mass is 10.2. The highest BCUT2D eigenvalue weighted by molar-refractivity contribution is 5.61. The van der Waals surface area contributed by atoms with E-state index < -0.39 is 17.8 Å². The van der Waals surface area contributed by atoms with Gasteiger partial charge >= 0.3 is 12.1 Å². The maximum Gasteiger partial charge on any atom is 0.573 e. The molecule has 0 bridgehead atoms.